The van der Waals surface area contributed by atoms with Crippen LogP contribution in [-0.4, -0.2) is 10.8 Å². The van der Waals surface area contributed by atoms with Crippen molar-refractivity contribution in [3.8, 4) is 0 Å². The van der Waals surface area contributed by atoms with Gasteiger partial charge in [0.15, 0.2) is 0 Å². The highest BCUT2D eigenvalue weighted by Crippen LogP contribution is 2.21. The highest BCUT2D eigenvalue weighted by atomic mass is 32.1. The van der Waals surface area contributed by atoms with Crippen molar-refractivity contribution in [2.45, 2.75) is 39.0 Å². The van der Waals surface area contributed by atoms with Gasteiger partial charge in [-0.25, -0.2) is 4.98 Å². The van der Waals surface area contributed by atoms with Gasteiger partial charge in [0.1, 0.15) is 5.69 Å². The summed E-state index contributed by atoms with van der Waals surface area (Å²) in [6.45, 7) is 1.93. The molecule has 1 aliphatic rings. The Hall–Kier alpha value is -0.960. The van der Waals surface area contributed by atoms with Crippen molar-refractivity contribution in [2.24, 2.45) is 0 Å². The van der Waals surface area contributed by atoms with Crippen molar-refractivity contribution in [1.82, 2.24) is 4.98 Å². The Kier molecular flexibility index (Phi) is 3.31. The van der Waals surface area contributed by atoms with Gasteiger partial charge in [0.25, 0.3) is 0 Å². The second kappa shape index (κ2) is 4.71. The second-order valence-corrected chi connectivity index (χ2v) is 4.97. The maximum Gasteiger partial charge on any atom is 0.207 e. The van der Waals surface area contributed by atoms with Crippen molar-refractivity contribution < 1.29 is 4.79 Å². The van der Waals surface area contributed by atoms with Gasteiger partial charge < -0.3 is 0 Å². The number of aromatic nitrogens is 1. The van der Waals surface area contributed by atoms with Crippen LogP contribution in [0.1, 0.15) is 47.6 Å². The maximum atomic E-state index is 12.0. The van der Waals surface area contributed by atoms with E-state index >= 15 is 0 Å². The standard InChI is InChI=1S/C12H15NOS/c1-9-13-11(8-15-9)12(14)10-6-4-2-3-5-7-10/h6,8H,2-5,7H2,1H3. The van der Waals surface area contributed by atoms with Gasteiger partial charge in [-0.15, -0.1) is 11.3 Å². The van der Waals surface area contributed by atoms with Gasteiger partial charge in [0.2, 0.25) is 5.78 Å². The highest BCUT2D eigenvalue weighted by molar-refractivity contribution is 7.09. The minimum Gasteiger partial charge on any atom is -0.287 e. The van der Waals surface area contributed by atoms with E-state index in [4.69, 9.17) is 0 Å². The van der Waals surface area contributed by atoms with Gasteiger partial charge in [-0.2, -0.15) is 0 Å². The summed E-state index contributed by atoms with van der Waals surface area (Å²) in [6, 6.07) is 0. The van der Waals surface area contributed by atoms with Crippen LogP contribution in [0.5, 0.6) is 0 Å². The van der Waals surface area contributed by atoms with E-state index in [1.165, 1.54) is 12.8 Å². The molecule has 0 unspecified atom stereocenters. The van der Waals surface area contributed by atoms with E-state index in [-0.39, 0.29) is 5.78 Å². The van der Waals surface area contributed by atoms with E-state index in [1.54, 1.807) is 11.3 Å². The number of nitrogens with zero attached hydrogens (tertiary/aromatic N) is 1. The molecule has 0 radical (unpaired) electrons. The van der Waals surface area contributed by atoms with Crippen molar-refractivity contribution in [3.63, 3.8) is 0 Å². The smallest absolute Gasteiger partial charge is 0.207 e. The second-order valence-electron chi connectivity index (χ2n) is 3.91. The van der Waals surface area contributed by atoms with Crippen LogP contribution in [0.2, 0.25) is 0 Å². The number of rotatable bonds is 2. The summed E-state index contributed by atoms with van der Waals surface area (Å²) in [5.74, 6) is 0.140. The van der Waals surface area contributed by atoms with Gasteiger partial charge in [-0.05, 0) is 38.2 Å². The van der Waals surface area contributed by atoms with Crippen LogP contribution in [0.4, 0.5) is 0 Å². The molecule has 3 heteroatoms. The predicted octanol–water partition coefficient (Wildman–Crippen LogP) is 3.52. The molecule has 80 valence electrons. The van der Waals surface area contributed by atoms with Crippen LogP contribution < -0.4 is 0 Å². The number of thiazole rings is 1. The maximum absolute atomic E-state index is 12.0. The fourth-order valence-corrected chi connectivity index (χ4v) is 2.45. The Balaban J connectivity index is 2.16. The summed E-state index contributed by atoms with van der Waals surface area (Å²) in [5.41, 5.74) is 1.60. The van der Waals surface area contributed by atoms with E-state index in [2.05, 4.69) is 11.1 Å². The molecule has 2 rings (SSSR count). The molecular formula is C12H15NOS. The zero-order chi connectivity index (χ0) is 10.7. The van der Waals surface area contributed by atoms with Crippen LogP contribution >= 0.6 is 11.3 Å². The zero-order valence-electron chi connectivity index (χ0n) is 8.95. The van der Waals surface area contributed by atoms with Crippen molar-refractivity contribution in [1.29, 1.82) is 0 Å². The first-order chi connectivity index (χ1) is 7.27. The average Bonchev–Trinajstić information content (AvgIpc) is 2.53. The van der Waals surface area contributed by atoms with Crippen molar-refractivity contribution in [3.05, 3.63) is 27.7 Å². The molecule has 1 aliphatic carbocycles. The van der Waals surface area contributed by atoms with Gasteiger partial charge in [0.05, 0.1) is 5.01 Å². The van der Waals surface area contributed by atoms with E-state index in [9.17, 15) is 4.79 Å². The lowest BCUT2D eigenvalue weighted by Crippen LogP contribution is -2.03. The molecule has 1 heterocycles. The first-order valence-electron chi connectivity index (χ1n) is 5.43. The lowest BCUT2D eigenvalue weighted by Gasteiger charge is -2.00. The van der Waals surface area contributed by atoms with Crippen LogP contribution in [0, 0.1) is 6.92 Å². The highest BCUT2D eigenvalue weighted by Gasteiger charge is 2.15. The molecule has 0 fully saturated rings. The topological polar surface area (TPSA) is 30.0 Å². The van der Waals surface area contributed by atoms with Crippen LogP contribution in [-0.2, 0) is 0 Å². The summed E-state index contributed by atoms with van der Waals surface area (Å²) in [6.07, 6.45) is 7.67. The van der Waals surface area contributed by atoms with Crippen LogP contribution in [0.15, 0.2) is 17.0 Å². The number of Topliss-reactive ketones (excluding diaryl/α,β-unsaturated/α-hetero) is 1. The molecule has 0 saturated heterocycles. The van der Waals surface area contributed by atoms with Gasteiger partial charge in [-0.3, -0.25) is 4.79 Å². The number of hydrogen-bond acceptors (Lipinski definition) is 3. The summed E-state index contributed by atoms with van der Waals surface area (Å²) >= 11 is 1.54. The largest absolute Gasteiger partial charge is 0.287 e. The van der Waals surface area contributed by atoms with E-state index in [1.807, 2.05) is 12.3 Å². The number of aryl methyl sites for hydroxylation is 1. The lowest BCUT2D eigenvalue weighted by molar-refractivity contribution is 0.102. The molecule has 0 aliphatic heterocycles. The molecule has 0 aromatic carbocycles. The summed E-state index contributed by atoms with van der Waals surface area (Å²) in [7, 11) is 0. The Labute approximate surface area is 94.0 Å². The number of ketones is 1. The Morgan fingerprint density at radius 1 is 1.40 bits per heavy atom. The third-order valence-electron chi connectivity index (χ3n) is 2.68. The molecule has 2 nitrogen and oxygen atoms in total. The summed E-state index contributed by atoms with van der Waals surface area (Å²) < 4.78 is 0. The van der Waals surface area contributed by atoms with Gasteiger partial charge >= 0.3 is 0 Å². The summed E-state index contributed by atoms with van der Waals surface area (Å²) in [4.78, 5) is 16.3. The predicted molar refractivity (Wildman–Crippen MR) is 62.3 cm³/mol. The molecule has 1 aromatic rings. The number of carbonyl (C=O) groups excluding carboxylic acids is 1. The molecule has 0 amide bonds. The molecule has 0 saturated carbocycles. The fraction of sp³-hybridized carbons (Fsp3) is 0.500. The normalized spacial score (nSPS) is 17.0. The molecule has 0 atom stereocenters. The number of carbonyl (C=O) groups is 1. The molecular weight excluding hydrogens is 206 g/mol. The van der Waals surface area contributed by atoms with Crippen LogP contribution in [0.25, 0.3) is 0 Å². The summed E-state index contributed by atoms with van der Waals surface area (Å²) in [5, 5.41) is 2.83. The third kappa shape index (κ3) is 2.53. The van der Waals surface area contributed by atoms with Gasteiger partial charge in [-0.1, -0.05) is 12.5 Å². The quantitative estimate of drug-likeness (QED) is 0.715. The minimum atomic E-state index is 0.140. The monoisotopic (exact) mass is 221 g/mol. The van der Waals surface area contributed by atoms with Crippen molar-refractivity contribution in [2.75, 3.05) is 0 Å². The third-order valence-corrected chi connectivity index (χ3v) is 3.46. The molecule has 0 bridgehead atoms. The minimum absolute atomic E-state index is 0.140. The molecule has 0 spiro atoms. The molecule has 15 heavy (non-hydrogen) atoms. The molecule has 0 N–H and O–H groups in total. The Bertz CT molecular complexity index is 392. The van der Waals surface area contributed by atoms with E-state index in [0.29, 0.717) is 5.69 Å². The first kappa shape index (κ1) is 10.6. The van der Waals surface area contributed by atoms with Gasteiger partial charge in [0, 0.05) is 5.38 Å². The van der Waals surface area contributed by atoms with Crippen LogP contribution in [0.3, 0.4) is 0 Å². The number of allylic oxidation sites excluding steroid dienone is 2. The fourth-order valence-electron chi connectivity index (χ4n) is 1.85. The van der Waals surface area contributed by atoms with Crippen molar-refractivity contribution >= 4 is 17.1 Å². The zero-order valence-corrected chi connectivity index (χ0v) is 9.77. The first-order valence-corrected chi connectivity index (χ1v) is 6.31. The van der Waals surface area contributed by atoms with E-state index in [0.717, 1.165) is 29.8 Å². The molecule has 1 aromatic heterocycles. The lowest BCUT2D eigenvalue weighted by atomic mass is 10.0. The average molecular weight is 221 g/mol. The number of hydrogen-bond donors (Lipinski definition) is 0. The van der Waals surface area contributed by atoms with E-state index < -0.39 is 0 Å². The Morgan fingerprint density at radius 3 is 3.00 bits per heavy atom. The SMILES string of the molecule is Cc1nc(C(=O)C2=CCCCCC2)cs1. The Morgan fingerprint density at radius 2 is 2.27 bits per heavy atom.